The Morgan fingerprint density at radius 1 is 1.04 bits per heavy atom. The van der Waals surface area contributed by atoms with Gasteiger partial charge in [-0.1, -0.05) is 48.5 Å². The molecular formula is C20H21NO5. The Labute approximate surface area is 151 Å². The number of aliphatic hydroxyl groups excluding tert-OH is 1. The summed E-state index contributed by atoms with van der Waals surface area (Å²) >= 11 is 0. The molecule has 136 valence electrons. The van der Waals surface area contributed by atoms with Crippen LogP contribution in [0.1, 0.15) is 29.9 Å². The third-order valence-corrected chi connectivity index (χ3v) is 4.59. The van der Waals surface area contributed by atoms with Gasteiger partial charge >= 0.3 is 12.1 Å². The molecule has 0 fully saturated rings. The second-order valence-electron chi connectivity index (χ2n) is 6.28. The molecule has 2 aromatic carbocycles. The molecule has 0 saturated carbocycles. The second-order valence-corrected chi connectivity index (χ2v) is 6.28. The van der Waals surface area contributed by atoms with E-state index in [2.05, 4.69) is 17.4 Å². The summed E-state index contributed by atoms with van der Waals surface area (Å²) in [4.78, 5) is 22.7. The molecule has 1 atom stereocenters. The quantitative estimate of drug-likeness (QED) is 0.710. The summed E-state index contributed by atoms with van der Waals surface area (Å²) in [5.41, 5.74) is 4.52. The van der Waals surface area contributed by atoms with Gasteiger partial charge in [0.15, 0.2) is 0 Å². The van der Waals surface area contributed by atoms with Crippen molar-refractivity contribution in [3.63, 3.8) is 0 Å². The standard InChI is InChI=1S/C20H21NO5/c22-11-13(9-10-19(23)24)21-20(25)26-12-18-16-7-3-1-5-14(16)15-6-2-4-8-17(15)18/h1-8,13,18,22H,9-12H2,(H,21,25)(H,23,24)/t13-/m0/s1. The van der Waals surface area contributed by atoms with Crippen LogP contribution in [0.15, 0.2) is 48.5 Å². The summed E-state index contributed by atoms with van der Waals surface area (Å²) in [6, 6.07) is 15.4. The minimum absolute atomic E-state index is 0.0419. The number of fused-ring (bicyclic) bond motifs is 3. The SMILES string of the molecule is O=C(O)CC[C@@H](CO)NC(=O)OCC1c2ccccc2-c2ccccc21. The molecule has 0 aromatic heterocycles. The van der Waals surface area contributed by atoms with E-state index in [0.717, 1.165) is 22.3 Å². The number of ether oxygens (including phenoxy) is 1. The zero-order valence-corrected chi connectivity index (χ0v) is 14.2. The molecule has 0 aliphatic heterocycles. The van der Waals surface area contributed by atoms with Crippen LogP contribution in [0.5, 0.6) is 0 Å². The van der Waals surface area contributed by atoms with Crippen LogP contribution in [0.3, 0.4) is 0 Å². The molecular weight excluding hydrogens is 334 g/mol. The van der Waals surface area contributed by atoms with E-state index < -0.39 is 18.1 Å². The minimum Gasteiger partial charge on any atom is -0.481 e. The number of aliphatic hydroxyl groups is 1. The molecule has 1 amide bonds. The Kier molecular flexibility index (Phi) is 5.53. The first-order valence-corrected chi connectivity index (χ1v) is 8.54. The van der Waals surface area contributed by atoms with E-state index in [-0.39, 0.29) is 32.0 Å². The number of alkyl carbamates (subject to hydrolysis) is 1. The van der Waals surface area contributed by atoms with Crippen LogP contribution in [0.2, 0.25) is 0 Å². The Bertz CT molecular complexity index is 759. The number of nitrogens with one attached hydrogen (secondary N) is 1. The van der Waals surface area contributed by atoms with Crippen molar-refractivity contribution in [2.24, 2.45) is 0 Å². The highest BCUT2D eigenvalue weighted by Gasteiger charge is 2.29. The van der Waals surface area contributed by atoms with E-state index in [1.54, 1.807) is 0 Å². The van der Waals surface area contributed by atoms with E-state index in [4.69, 9.17) is 9.84 Å². The predicted octanol–water partition coefficient (Wildman–Crippen LogP) is 2.75. The fourth-order valence-corrected chi connectivity index (χ4v) is 3.31. The minimum atomic E-state index is -0.974. The highest BCUT2D eigenvalue weighted by molar-refractivity contribution is 5.79. The monoisotopic (exact) mass is 355 g/mol. The van der Waals surface area contributed by atoms with E-state index in [1.807, 2.05) is 36.4 Å². The van der Waals surface area contributed by atoms with Gasteiger partial charge in [0.1, 0.15) is 6.61 Å². The summed E-state index contributed by atoms with van der Waals surface area (Å²) in [5.74, 6) is -1.02. The maximum atomic E-state index is 12.0. The molecule has 0 saturated heterocycles. The van der Waals surface area contributed by atoms with Crippen molar-refractivity contribution in [2.45, 2.75) is 24.8 Å². The summed E-state index contributed by atoms with van der Waals surface area (Å²) < 4.78 is 5.37. The molecule has 0 heterocycles. The van der Waals surface area contributed by atoms with Gasteiger partial charge in [0.25, 0.3) is 0 Å². The van der Waals surface area contributed by atoms with E-state index in [9.17, 15) is 14.7 Å². The normalized spacial score (nSPS) is 13.6. The van der Waals surface area contributed by atoms with E-state index in [0.29, 0.717) is 0 Å². The fraction of sp³-hybridized carbons (Fsp3) is 0.300. The summed E-state index contributed by atoms with van der Waals surface area (Å²) in [6.45, 7) is -0.158. The third-order valence-electron chi connectivity index (χ3n) is 4.59. The Balaban J connectivity index is 1.64. The Hall–Kier alpha value is -2.86. The molecule has 6 heteroatoms. The highest BCUT2D eigenvalue weighted by atomic mass is 16.5. The fourth-order valence-electron chi connectivity index (χ4n) is 3.31. The van der Waals surface area contributed by atoms with Gasteiger partial charge in [-0.3, -0.25) is 4.79 Å². The molecule has 3 N–H and O–H groups in total. The molecule has 2 aromatic rings. The summed E-state index contributed by atoms with van der Waals surface area (Å²) in [7, 11) is 0. The van der Waals surface area contributed by atoms with Crippen molar-refractivity contribution in [1.82, 2.24) is 5.32 Å². The van der Waals surface area contributed by atoms with Gasteiger partial charge in [0.05, 0.1) is 12.6 Å². The number of carboxylic acids is 1. The molecule has 1 aliphatic rings. The lowest BCUT2D eigenvalue weighted by Gasteiger charge is -2.18. The molecule has 0 radical (unpaired) electrons. The van der Waals surface area contributed by atoms with Gasteiger partial charge in [-0.15, -0.1) is 0 Å². The van der Waals surface area contributed by atoms with Crippen molar-refractivity contribution in [2.75, 3.05) is 13.2 Å². The van der Waals surface area contributed by atoms with E-state index in [1.165, 1.54) is 0 Å². The van der Waals surface area contributed by atoms with Gasteiger partial charge in [-0.05, 0) is 28.7 Å². The van der Waals surface area contributed by atoms with E-state index >= 15 is 0 Å². The summed E-state index contributed by atoms with van der Waals surface area (Å²) in [5, 5.41) is 20.5. The van der Waals surface area contributed by atoms with Crippen LogP contribution >= 0.6 is 0 Å². The van der Waals surface area contributed by atoms with Crippen molar-refractivity contribution in [1.29, 1.82) is 0 Å². The smallest absolute Gasteiger partial charge is 0.407 e. The first-order valence-electron chi connectivity index (χ1n) is 8.54. The third kappa shape index (κ3) is 3.86. The van der Waals surface area contributed by atoms with Crippen LogP contribution in [-0.2, 0) is 9.53 Å². The number of carbonyl (C=O) groups excluding carboxylic acids is 1. The average Bonchev–Trinajstić information content (AvgIpc) is 2.97. The lowest BCUT2D eigenvalue weighted by molar-refractivity contribution is -0.137. The number of hydrogen-bond donors (Lipinski definition) is 3. The van der Waals surface area contributed by atoms with Gasteiger partial charge < -0.3 is 20.3 Å². The molecule has 0 unspecified atom stereocenters. The Morgan fingerprint density at radius 2 is 1.62 bits per heavy atom. The number of carboxylic acid groups (broad SMARTS) is 1. The molecule has 0 spiro atoms. The number of hydrogen-bond acceptors (Lipinski definition) is 4. The number of amides is 1. The van der Waals surface area contributed by atoms with Crippen molar-refractivity contribution >= 4 is 12.1 Å². The van der Waals surface area contributed by atoms with Gasteiger partial charge in [0, 0.05) is 12.3 Å². The first-order chi connectivity index (χ1) is 12.6. The van der Waals surface area contributed by atoms with Crippen LogP contribution in [-0.4, -0.2) is 41.5 Å². The van der Waals surface area contributed by atoms with Crippen LogP contribution in [0.25, 0.3) is 11.1 Å². The number of benzene rings is 2. The lowest BCUT2D eigenvalue weighted by atomic mass is 9.98. The average molecular weight is 355 g/mol. The first kappa shape index (κ1) is 17.9. The number of rotatable bonds is 7. The van der Waals surface area contributed by atoms with Gasteiger partial charge in [-0.2, -0.15) is 0 Å². The predicted molar refractivity (Wildman–Crippen MR) is 95.9 cm³/mol. The van der Waals surface area contributed by atoms with Crippen molar-refractivity contribution in [3.05, 3.63) is 59.7 Å². The largest absolute Gasteiger partial charge is 0.481 e. The molecule has 6 nitrogen and oxygen atoms in total. The van der Waals surface area contributed by atoms with Crippen LogP contribution < -0.4 is 5.32 Å². The molecule has 26 heavy (non-hydrogen) atoms. The van der Waals surface area contributed by atoms with Crippen LogP contribution in [0.4, 0.5) is 4.79 Å². The number of aliphatic carboxylic acids is 1. The molecule has 0 bridgehead atoms. The highest BCUT2D eigenvalue weighted by Crippen LogP contribution is 2.44. The van der Waals surface area contributed by atoms with Crippen molar-refractivity contribution < 1.29 is 24.5 Å². The molecule has 3 rings (SSSR count). The molecule has 1 aliphatic carbocycles. The maximum absolute atomic E-state index is 12.0. The maximum Gasteiger partial charge on any atom is 0.407 e. The topological polar surface area (TPSA) is 95.9 Å². The Morgan fingerprint density at radius 3 is 2.15 bits per heavy atom. The van der Waals surface area contributed by atoms with Crippen LogP contribution in [0, 0.1) is 0 Å². The van der Waals surface area contributed by atoms with Gasteiger partial charge in [-0.25, -0.2) is 4.79 Å². The summed E-state index contributed by atoms with van der Waals surface area (Å²) in [6.07, 6.45) is -0.637. The lowest BCUT2D eigenvalue weighted by Crippen LogP contribution is -2.38. The van der Waals surface area contributed by atoms with Gasteiger partial charge in [0.2, 0.25) is 0 Å². The number of carbonyl (C=O) groups is 2. The van der Waals surface area contributed by atoms with Crippen molar-refractivity contribution in [3.8, 4) is 11.1 Å². The zero-order chi connectivity index (χ0) is 18.5. The second kappa shape index (κ2) is 8.01. The zero-order valence-electron chi connectivity index (χ0n) is 14.2.